The zero-order valence-electron chi connectivity index (χ0n) is 8.05. The molecule has 1 aromatic heterocycles. The molecule has 1 atom stereocenters. The monoisotopic (exact) mass is 252 g/mol. The first-order valence-corrected chi connectivity index (χ1v) is 5.48. The molecule has 1 heterocycles. The van der Waals surface area contributed by atoms with Crippen LogP contribution in [0.25, 0.3) is 10.9 Å². The second-order valence-electron chi connectivity index (χ2n) is 3.57. The van der Waals surface area contributed by atoms with Crippen LogP contribution < -0.4 is 5.73 Å². The maximum absolute atomic E-state index is 5.67. The SMILES string of the molecule is CC(CN)c1c[nH]c2ccc(Br)cc12. The molecule has 74 valence electrons. The fraction of sp³-hybridized carbons (Fsp3) is 0.273. The maximum atomic E-state index is 5.67. The van der Waals surface area contributed by atoms with Crippen LogP contribution in [0.4, 0.5) is 0 Å². The Kier molecular flexibility index (Phi) is 2.61. The van der Waals surface area contributed by atoms with Crippen LogP contribution in [-0.4, -0.2) is 11.5 Å². The number of H-pyrrole nitrogens is 1. The van der Waals surface area contributed by atoms with E-state index in [1.54, 1.807) is 0 Å². The van der Waals surface area contributed by atoms with E-state index in [-0.39, 0.29) is 0 Å². The fourth-order valence-electron chi connectivity index (χ4n) is 1.65. The van der Waals surface area contributed by atoms with Gasteiger partial charge in [0, 0.05) is 21.6 Å². The Balaban J connectivity index is 2.61. The average molecular weight is 253 g/mol. The number of aromatic nitrogens is 1. The Morgan fingerprint density at radius 2 is 2.29 bits per heavy atom. The summed E-state index contributed by atoms with van der Waals surface area (Å²) in [6, 6.07) is 6.25. The quantitative estimate of drug-likeness (QED) is 0.848. The molecular weight excluding hydrogens is 240 g/mol. The lowest BCUT2D eigenvalue weighted by atomic mass is 10.0. The second-order valence-corrected chi connectivity index (χ2v) is 4.49. The zero-order chi connectivity index (χ0) is 10.1. The summed E-state index contributed by atoms with van der Waals surface area (Å²) in [7, 11) is 0. The standard InChI is InChI=1S/C11H13BrN2/c1-7(5-13)10-6-14-11-3-2-8(12)4-9(10)11/h2-4,6-7,14H,5,13H2,1H3. The minimum absolute atomic E-state index is 0.401. The summed E-state index contributed by atoms with van der Waals surface area (Å²) >= 11 is 3.48. The summed E-state index contributed by atoms with van der Waals surface area (Å²) in [6.45, 7) is 2.82. The lowest BCUT2D eigenvalue weighted by Crippen LogP contribution is -2.08. The Bertz CT molecular complexity index is 447. The van der Waals surface area contributed by atoms with Crippen molar-refractivity contribution >= 4 is 26.8 Å². The predicted octanol–water partition coefficient (Wildman–Crippen LogP) is 2.99. The number of hydrogen-bond acceptors (Lipinski definition) is 1. The predicted molar refractivity (Wildman–Crippen MR) is 63.5 cm³/mol. The third-order valence-corrected chi connectivity index (χ3v) is 3.05. The van der Waals surface area contributed by atoms with E-state index in [9.17, 15) is 0 Å². The van der Waals surface area contributed by atoms with Crippen molar-refractivity contribution < 1.29 is 0 Å². The van der Waals surface area contributed by atoms with E-state index in [0.29, 0.717) is 12.5 Å². The highest BCUT2D eigenvalue weighted by atomic mass is 79.9. The summed E-state index contributed by atoms with van der Waals surface area (Å²) in [4.78, 5) is 3.25. The number of rotatable bonds is 2. The largest absolute Gasteiger partial charge is 0.361 e. The van der Waals surface area contributed by atoms with E-state index in [1.165, 1.54) is 16.5 Å². The van der Waals surface area contributed by atoms with Gasteiger partial charge in [0.25, 0.3) is 0 Å². The van der Waals surface area contributed by atoms with Crippen LogP contribution in [0.2, 0.25) is 0 Å². The highest BCUT2D eigenvalue weighted by molar-refractivity contribution is 9.10. The first-order chi connectivity index (χ1) is 6.72. The molecule has 0 saturated carbocycles. The van der Waals surface area contributed by atoms with Gasteiger partial charge in [0.15, 0.2) is 0 Å². The van der Waals surface area contributed by atoms with Crippen LogP contribution in [0.3, 0.4) is 0 Å². The van der Waals surface area contributed by atoms with Crippen molar-refractivity contribution in [1.29, 1.82) is 0 Å². The summed E-state index contributed by atoms with van der Waals surface area (Å²) < 4.78 is 1.11. The molecule has 0 spiro atoms. The van der Waals surface area contributed by atoms with Gasteiger partial charge in [-0.05, 0) is 36.2 Å². The Morgan fingerprint density at radius 3 is 3.00 bits per heavy atom. The highest BCUT2D eigenvalue weighted by Gasteiger charge is 2.09. The van der Waals surface area contributed by atoms with E-state index in [4.69, 9.17) is 5.73 Å². The van der Waals surface area contributed by atoms with Gasteiger partial charge in [0.2, 0.25) is 0 Å². The molecule has 0 aliphatic rings. The van der Waals surface area contributed by atoms with E-state index >= 15 is 0 Å². The third-order valence-electron chi connectivity index (χ3n) is 2.56. The number of hydrogen-bond donors (Lipinski definition) is 2. The van der Waals surface area contributed by atoms with Crippen molar-refractivity contribution in [3.63, 3.8) is 0 Å². The highest BCUT2D eigenvalue weighted by Crippen LogP contribution is 2.27. The third kappa shape index (κ3) is 1.57. The molecule has 2 nitrogen and oxygen atoms in total. The minimum Gasteiger partial charge on any atom is -0.361 e. The fourth-order valence-corrected chi connectivity index (χ4v) is 2.01. The summed E-state index contributed by atoms with van der Waals surface area (Å²) in [5.41, 5.74) is 8.13. The molecule has 1 unspecified atom stereocenters. The molecule has 2 aromatic rings. The molecule has 0 aliphatic carbocycles. The second kappa shape index (κ2) is 3.75. The Hall–Kier alpha value is -0.800. The molecule has 3 N–H and O–H groups in total. The smallest absolute Gasteiger partial charge is 0.0457 e. The number of nitrogens with two attached hydrogens (primary N) is 1. The maximum Gasteiger partial charge on any atom is 0.0457 e. The molecule has 0 fully saturated rings. The number of aromatic amines is 1. The van der Waals surface area contributed by atoms with Gasteiger partial charge in [-0.3, -0.25) is 0 Å². The molecule has 0 aliphatic heterocycles. The lowest BCUT2D eigenvalue weighted by molar-refractivity contribution is 0.780. The van der Waals surface area contributed by atoms with Crippen LogP contribution in [0.15, 0.2) is 28.9 Å². The lowest BCUT2D eigenvalue weighted by Gasteiger charge is -2.06. The number of halogens is 1. The Labute approximate surface area is 91.6 Å². The number of benzene rings is 1. The first kappa shape index (κ1) is 9.74. The molecular formula is C11H13BrN2. The van der Waals surface area contributed by atoms with E-state index in [1.807, 2.05) is 6.07 Å². The van der Waals surface area contributed by atoms with Crippen molar-refractivity contribution in [3.8, 4) is 0 Å². The minimum atomic E-state index is 0.401. The van der Waals surface area contributed by atoms with Crippen LogP contribution in [0.5, 0.6) is 0 Å². The van der Waals surface area contributed by atoms with Crippen molar-refractivity contribution in [2.75, 3.05) is 6.54 Å². The van der Waals surface area contributed by atoms with Gasteiger partial charge in [-0.1, -0.05) is 22.9 Å². The molecule has 0 amide bonds. The van der Waals surface area contributed by atoms with Crippen molar-refractivity contribution in [3.05, 3.63) is 34.4 Å². The summed E-state index contributed by atoms with van der Waals surface area (Å²) in [6.07, 6.45) is 2.05. The van der Waals surface area contributed by atoms with Crippen LogP contribution >= 0.6 is 15.9 Å². The van der Waals surface area contributed by atoms with Gasteiger partial charge in [0.1, 0.15) is 0 Å². The van der Waals surface area contributed by atoms with Gasteiger partial charge >= 0.3 is 0 Å². The van der Waals surface area contributed by atoms with E-state index in [2.05, 4.69) is 46.2 Å². The molecule has 1 aromatic carbocycles. The molecule has 3 heteroatoms. The topological polar surface area (TPSA) is 41.8 Å². The van der Waals surface area contributed by atoms with Crippen LogP contribution in [-0.2, 0) is 0 Å². The van der Waals surface area contributed by atoms with Gasteiger partial charge in [-0.2, -0.15) is 0 Å². The van der Waals surface area contributed by atoms with Gasteiger partial charge in [0.05, 0.1) is 0 Å². The average Bonchev–Trinajstić information content (AvgIpc) is 2.59. The zero-order valence-corrected chi connectivity index (χ0v) is 9.64. The number of fused-ring (bicyclic) bond motifs is 1. The van der Waals surface area contributed by atoms with Crippen molar-refractivity contribution in [2.45, 2.75) is 12.8 Å². The first-order valence-electron chi connectivity index (χ1n) is 4.69. The van der Waals surface area contributed by atoms with Gasteiger partial charge in [-0.15, -0.1) is 0 Å². The molecule has 0 bridgehead atoms. The molecule has 14 heavy (non-hydrogen) atoms. The van der Waals surface area contributed by atoms with Gasteiger partial charge in [-0.25, -0.2) is 0 Å². The van der Waals surface area contributed by atoms with Crippen molar-refractivity contribution in [1.82, 2.24) is 4.98 Å². The molecule has 0 saturated heterocycles. The molecule has 0 radical (unpaired) electrons. The van der Waals surface area contributed by atoms with E-state index in [0.717, 1.165) is 4.47 Å². The molecule has 2 rings (SSSR count). The normalized spacial score (nSPS) is 13.4. The number of nitrogens with one attached hydrogen (secondary N) is 1. The summed E-state index contributed by atoms with van der Waals surface area (Å²) in [5.74, 6) is 0.401. The van der Waals surface area contributed by atoms with Crippen LogP contribution in [0.1, 0.15) is 18.4 Å². The Morgan fingerprint density at radius 1 is 1.50 bits per heavy atom. The van der Waals surface area contributed by atoms with Gasteiger partial charge < -0.3 is 10.7 Å². The summed E-state index contributed by atoms with van der Waals surface area (Å²) in [5, 5.41) is 1.26. The van der Waals surface area contributed by atoms with E-state index < -0.39 is 0 Å². The van der Waals surface area contributed by atoms with Crippen LogP contribution in [0, 0.1) is 0 Å². The van der Waals surface area contributed by atoms with Crippen molar-refractivity contribution in [2.24, 2.45) is 5.73 Å².